The van der Waals surface area contributed by atoms with Crippen LogP contribution in [-0.4, -0.2) is 45.7 Å². The third kappa shape index (κ3) is 4.15. The van der Waals surface area contributed by atoms with Crippen molar-refractivity contribution < 1.29 is 19.1 Å². The van der Waals surface area contributed by atoms with E-state index >= 15 is 0 Å². The Morgan fingerprint density at radius 3 is 2.50 bits per heavy atom. The molecule has 6 nitrogen and oxygen atoms in total. The Kier molecular flexibility index (Phi) is 5.83. The smallest absolute Gasteiger partial charge is 0.330 e. The molecule has 0 aliphatic carbocycles. The molecule has 1 rings (SSSR count). The van der Waals surface area contributed by atoms with Crippen LogP contribution in [0.4, 0.5) is 5.69 Å². The van der Waals surface area contributed by atoms with Crippen molar-refractivity contribution in [1.29, 1.82) is 0 Å². The summed E-state index contributed by atoms with van der Waals surface area (Å²) in [5, 5.41) is 2.57. The number of hydrogen-bond donors (Lipinski definition) is 1. The molecule has 1 atom stereocenters. The Labute approximate surface area is 118 Å². The molecule has 0 aliphatic heterocycles. The summed E-state index contributed by atoms with van der Waals surface area (Å²) in [5.41, 5.74) is 0.828. The lowest BCUT2D eigenvalue weighted by molar-refractivity contribution is -0.144. The van der Waals surface area contributed by atoms with Crippen LogP contribution in [0, 0.1) is 0 Å². The lowest BCUT2D eigenvalue weighted by Gasteiger charge is -2.25. The van der Waals surface area contributed by atoms with Crippen molar-refractivity contribution in [2.24, 2.45) is 0 Å². The van der Waals surface area contributed by atoms with Gasteiger partial charge in [-0.1, -0.05) is 12.1 Å². The highest BCUT2D eigenvalue weighted by Gasteiger charge is 2.23. The minimum absolute atomic E-state index is 0.283. The first-order chi connectivity index (χ1) is 9.49. The zero-order valence-electron chi connectivity index (χ0n) is 12.2. The van der Waals surface area contributed by atoms with Gasteiger partial charge >= 0.3 is 5.97 Å². The largest absolute Gasteiger partial charge is 0.495 e. The van der Waals surface area contributed by atoms with E-state index in [1.54, 1.807) is 7.11 Å². The van der Waals surface area contributed by atoms with Gasteiger partial charge < -0.3 is 19.7 Å². The van der Waals surface area contributed by atoms with Crippen molar-refractivity contribution in [2.75, 3.05) is 32.7 Å². The van der Waals surface area contributed by atoms with E-state index in [2.05, 4.69) is 5.32 Å². The maximum Gasteiger partial charge on any atom is 0.330 e. The molecule has 0 fully saturated rings. The van der Waals surface area contributed by atoms with E-state index in [9.17, 15) is 9.59 Å². The normalized spacial score (nSPS) is 11.4. The van der Waals surface area contributed by atoms with E-state index in [1.807, 2.05) is 36.2 Å². The van der Waals surface area contributed by atoms with Crippen molar-refractivity contribution in [1.82, 2.24) is 5.32 Å². The number of esters is 1. The fraction of sp³-hybridized carbons (Fsp3) is 0.429. The fourth-order valence-corrected chi connectivity index (χ4v) is 1.88. The fourth-order valence-electron chi connectivity index (χ4n) is 1.88. The Morgan fingerprint density at radius 2 is 1.95 bits per heavy atom. The standard InChI is InChI=1S/C14H20N2O4/c1-10(17)15-11(14(18)20-4)9-16(2)12-7-5-6-8-13(12)19-3/h5-8,11H,9H2,1-4H3,(H,15,17). The van der Waals surface area contributed by atoms with Gasteiger partial charge in [0.15, 0.2) is 0 Å². The molecule has 0 spiro atoms. The van der Waals surface area contributed by atoms with E-state index in [1.165, 1.54) is 14.0 Å². The van der Waals surface area contributed by atoms with Crippen molar-refractivity contribution in [3.8, 4) is 5.75 Å². The molecule has 1 aromatic rings. The number of carbonyl (C=O) groups is 2. The molecule has 1 aromatic carbocycles. The predicted molar refractivity (Wildman–Crippen MR) is 75.9 cm³/mol. The number of ether oxygens (including phenoxy) is 2. The van der Waals surface area contributed by atoms with Crippen LogP contribution in [0.2, 0.25) is 0 Å². The number of nitrogens with one attached hydrogen (secondary N) is 1. The summed E-state index contributed by atoms with van der Waals surface area (Å²) in [6.45, 7) is 1.64. The molecule has 0 bridgehead atoms. The van der Waals surface area contributed by atoms with Gasteiger partial charge in [0.1, 0.15) is 11.8 Å². The molecular formula is C14H20N2O4. The van der Waals surface area contributed by atoms with Crippen molar-refractivity contribution >= 4 is 17.6 Å². The second kappa shape index (κ2) is 7.37. The first kappa shape index (κ1) is 15.8. The number of para-hydroxylation sites is 2. The van der Waals surface area contributed by atoms with E-state index in [-0.39, 0.29) is 12.5 Å². The first-order valence-corrected chi connectivity index (χ1v) is 6.18. The Balaban J connectivity index is 2.86. The van der Waals surface area contributed by atoms with Crippen molar-refractivity contribution in [3.05, 3.63) is 24.3 Å². The number of carbonyl (C=O) groups excluding carboxylic acids is 2. The molecular weight excluding hydrogens is 260 g/mol. The van der Waals surface area contributed by atoms with Crippen LogP contribution in [0.15, 0.2) is 24.3 Å². The number of methoxy groups -OCH3 is 2. The van der Waals surface area contributed by atoms with E-state index in [0.29, 0.717) is 5.75 Å². The average Bonchev–Trinajstić information content (AvgIpc) is 2.45. The second-order valence-electron chi connectivity index (χ2n) is 4.33. The van der Waals surface area contributed by atoms with Crippen LogP contribution in [0.25, 0.3) is 0 Å². The van der Waals surface area contributed by atoms with Gasteiger partial charge in [0.25, 0.3) is 0 Å². The van der Waals surface area contributed by atoms with Crippen molar-refractivity contribution in [2.45, 2.75) is 13.0 Å². The number of nitrogens with zero attached hydrogens (tertiary/aromatic N) is 1. The Morgan fingerprint density at radius 1 is 1.30 bits per heavy atom. The summed E-state index contributed by atoms with van der Waals surface area (Å²) in [4.78, 5) is 24.7. The Hall–Kier alpha value is -2.24. The minimum atomic E-state index is -0.729. The third-order valence-corrected chi connectivity index (χ3v) is 2.82. The monoisotopic (exact) mass is 280 g/mol. The minimum Gasteiger partial charge on any atom is -0.495 e. The number of rotatable bonds is 6. The predicted octanol–water partition coefficient (Wildman–Crippen LogP) is 0.809. The molecule has 1 unspecified atom stereocenters. The molecule has 20 heavy (non-hydrogen) atoms. The summed E-state index contributed by atoms with van der Waals surface area (Å²) in [7, 11) is 4.69. The summed E-state index contributed by atoms with van der Waals surface area (Å²) in [6, 6.07) is 6.72. The maximum absolute atomic E-state index is 11.7. The van der Waals surface area contributed by atoms with E-state index in [0.717, 1.165) is 5.69 Å². The quantitative estimate of drug-likeness (QED) is 0.781. The molecule has 0 aliphatic rings. The van der Waals surface area contributed by atoms with E-state index in [4.69, 9.17) is 9.47 Å². The second-order valence-corrected chi connectivity index (χ2v) is 4.33. The number of amides is 1. The van der Waals surface area contributed by atoms with Gasteiger partial charge in [-0.3, -0.25) is 4.79 Å². The molecule has 6 heteroatoms. The van der Waals surface area contributed by atoms with Gasteiger partial charge in [0, 0.05) is 20.5 Å². The number of hydrogen-bond acceptors (Lipinski definition) is 5. The van der Waals surface area contributed by atoms with Gasteiger partial charge in [-0.25, -0.2) is 4.79 Å². The van der Waals surface area contributed by atoms with Crippen molar-refractivity contribution in [3.63, 3.8) is 0 Å². The number of likely N-dealkylation sites (N-methyl/N-ethyl adjacent to an activating group) is 1. The van der Waals surface area contributed by atoms with Gasteiger partial charge in [-0.05, 0) is 12.1 Å². The highest BCUT2D eigenvalue weighted by molar-refractivity contribution is 5.83. The first-order valence-electron chi connectivity index (χ1n) is 6.18. The zero-order chi connectivity index (χ0) is 15.1. The zero-order valence-corrected chi connectivity index (χ0v) is 12.2. The van der Waals surface area contributed by atoms with Crippen LogP contribution in [-0.2, 0) is 14.3 Å². The van der Waals surface area contributed by atoms with Gasteiger partial charge in [0.05, 0.1) is 19.9 Å². The van der Waals surface area contributed by atoms with Gasteiger partial charge in [-0.15, -0.1) is 0 Å². The SMILES string of the molecule is COC(=O)C(CN(C)c1ccccc1OC)NC(C)=O. The van der Waals surface area contributed by atoms with Gasteiger partial charge in [0.2, 0.25) is 5.91 Å². The van der Waals surface area contributed by atoms with Crippen LogP contribution in [0.1, 0.15) is 6.92 Å². The summed E-state index contributed by atoms with van der Waals surface area (Å²) in [5.74, 6) is -0.0720. The average molecular weight is 280 g/mol. The molecule has 110 valence electrons. The molecule has 0 saturated carbocycles. The molecule has 0 radical (unpaired) electrons. The van der Waals surface area contributed by atoms with Crippen LogP contribution in [0.5, 0.6) is 5.75 Å². The summed E-state index contributed by atoms with van der Waals surface area (Å²) in [6.07, 6.45) is 0. The summed E-state index contributed by atoms with van der Waals surface area (Å²) >= 11 is 0. The highest BCUT2D eigenvalue weighted by atomic mass is 16.5. The summed E-state index contributed by atoms with van der Waals surface area (Å²) < 4.78 is 9.97. The lowest BCUT2D eigenvalue weighted by atomic mass is 10.2. The van der Waals surface area contributed by atoms with E-state index < -0.39 is 12.0 Å². The lowest BCUT2D eigenvalue weighted by Crippen LogP contribution is -2.47. The molecule has 0 heterocycles. The number of benzene rings is 1. The topological polar surface area (TPSA) is 67.9 Å². The van der Waals surface area contributed by atoms with Gasteiger partial charge in [-0.2, -0.15) is 0 Å². The molecule has 0 aromatic heterocycles. The maximum atomic E-state index is 11.7. The van der Waals surface area contributed by atoms with Crippen LogP contribution in [0.3, 0.4) is 0 Å². The van der Waals surface area contributed by atoms with Crippen LogP contribution < -0.4 is 15.0 Å². The Bertz CT molecular complexity index is 476. The molecule has 1 N–H and O–H groups in total. The molecule has 1 amide bonds. The third-order valence-electron chi connectivity index (χ3n) is 2.82. The molecule has 0 saturated heterocycles. The van der Waals surface area contributed by atoms with Crippen LogP contribution >= 0.6 is 0 Å². The highest BCUT2D eigenvalue weighted by Crippen LogP contribution is 2.26. The number of anilines is 1.